The fraction of sp³-hybridized carbons (Fsp3) is 0.517. The van der Waals surface area contributed by atoms with E-state index in [2.05, 4.69) is 12.2 Å². The first-order valence-electron chi connectivity index (χ1n) is 12.8. The molecular formula is C29H40N2O4. The average molecular weight is 481 g/mol. The van der Waals surface area contributed by atoms with Gasteiger partial charge in [0.05, 0.1) is 20.3 Å². The van der Waals surface area contributed by atoms with Crippen LogP contribution < -0.4 is 14.8 Å². The van der Waals surface area contributed by atoms with Crippen LogP contribution in [0.4, 0.5) is 0 Å². The molecule has 1 aliphatic rings. The molecular weight excluding hydrogens is 440 g/mol. The molecule has 1 N–H and O–H groups in total. The molecule has 1 saturated carbocycles. The Morgan fingerprint density at radius 1 is 1.00 bits per heavy atom. The maximum atomic E-state index is 13.2. The molecule has 0 aromatic heterocycles. The lowest BCUT2D eigenvalue weighted by Gasteiger charge is -2.30. The van der Waals surface area contributed by atoms with E-state index in [0.717, 1.165) is 17.5 Å². The number of nitrogens with zero attached hydrogens (tertiary/aromatic N) is 1. The molecule has 0 radical (unpaired) electrons. The second-order valence-corrected chi connectivity index (χ2v) is 9.40. The van der Waals surface area contributed by atoms with Gasteiger partial charge in [-0.3, -0.25) is 9.59 Å². The van der Waals surface area contributed by atoms with Crippen molar-refractivity contribution in [2.75, 3.05) is 27.3 Å². The minimum absolute atomic E-state index is 0.0423. The third-order valence-corrected chi connectivity index (χ3v) is 7.07. The summed E-state index contributed by atoms with van der Waals surface area (Å²) in [6.07, 6.45) is 7.54. The Morgan fingerprint density at radius 2 is 1.71 bits per heavy atom. The zero-order valence-electron chi connectivity index (χ0n) is 21.4. The summed E-state index contributed by atoms with van der Waals surface area (Å²) in [6, 6.07) is 15.8. The molecule has 190 valence electrons. The van der Waals surface area contributed by atoms with Gasteiger partial charge in [0.2, 0.25) is 11.8 Å². The van der Waals surface area contributed by atoms with Crippen molar-refractivity contribution < 1.29 is 19.1 Å². The largest absolute Gasteiger partial charge is 0.493 e. The first-order valence-corrected chi connectivity index (χ1v) is 12.8. The zero-order valence-corrected chi connectivity index (χ0v) is 21.4. The molecule has 0 bridgehead atoms. The van der Waals surface area contributed by atoms with E-state index < -0.39 is 0 Å². The third kappa shape index (κ3) is 8.01. The Bertz CT molecular complexity index is 941. The maximum absolute atomic E-state index is 13.2. The Morgan fingerprint density at radius 3 is 2.40 bits per heavy atom. The molecule has 2 amide bonds. The number of benzene rings is 2. The number of carbonyl (C=O) groups excluding carboxylic acids is 2. The van der Waals surface area contributed by atoms with Gasteiger partial charge < -0.3 is 19.7 Å². The first kappa shape index (κ1) is 26.6. The number of rotatable bonds is 13. The van der Waals surface area contributed by atoms with Gasteiger partial charge in [-0.25, -0.2) is 0 Å². The molecule has 1 atom stereocenters. The van der Waals surface area contributed by atoms with Crippen LogP contribution in [0, 0.1) is 5.92 Å². The van der Waals surface area contributed by atoms with Gasteiger partial charge in [0.1, 0.15) is 0 Å². The molecule has 0 spiro atoms. The standard InChI is InChI=1S/C29H40N2O4/c1-22(25-11-5-4-6-12-25)31(29(33)16-14-23-9-7-8-10-23)20-18-28(32)30-19-17-24-13-15-26(34-2)27(21-24)35-3/h4-6,11-13,15,21-23H,7-10,14,16-20H2,1-3H3,(H,30,32). The van der Waals surface area contributed by atoms with E-state index in [4.69, 9.17) is 9.47 Å². The number of carbonyl (C=O) groups is 2. The Balaban J connectivity index is 1.52. The van der Waals surface area contributed by atoms with E-state index in [1.54, 1.807) is 14.2 Å². The molecule has 35 heavy (non-hydrogen) atoms. The van der Waals surface area contributed by atoms with Crippen molar-refractivity contribution >= 4 is 11.8 Å². The quantitative estimate of drug-likeness (QED) is 0.422. The third-order valence-electron chi connectivity index (χ3n) is 7.07. The molecule has 3 rings (SSSR count). The lowest BCUT2D eigenvalue weighted by molar-refractivity contribution is -0.134. The number of hydrogen-bond donors (Lipinski definition) is 1. The first-order chi connectivity index (χ1) is 17.0. The van der Waals surface area contributed by atoms with E-state index in [1.165, 1.54) is 25.7 Å². The lowest BCUT2D eigenvalue weighted by Crippen LogP contribution is -2.37. The smallest absolute Gasteiger partial charge is 0.223 e. The van der Waals surface area contributed by atoms with Crippen LogP contribution in [0.1, 0.15) is 69.0 Å². The normalized spacial score (nSPS) is 14.4. The molecule has 6 heteroatoms. The Labute approximate surface area is 210 Å². The van der Waals surface area contributed by atoms with Crippen molar-refractivity contribution in [3.05, 3.63) is 59.7 Å². The van der Waals surface area contributed by atoms with Gasteiger partial charge in [-0.2, -0.15) is 0 Å². The predicted molar refractivity (Wildman–Crippen MR) is 139 cm³/mol. The van der Waals surface area contributed by atoms with Gasteiger partial charge in [0.25, 0.3) is 0 Å². The monoisotopic (exact) mass is 480 g/mol. The molecule has 1 fully saturated rings. The summed E-state index contributed by atoms with van der Waals surface area (Å²) in [5.41, 5.74) is 2.15. The average Bonchev–Trinajstić information content (AvgIpc) is 3.41. The van der Waals surface area contributed by atoms with Gasteiger partial charge >= 0.3 is 0 Å². The minimum Gasteiger partial charge on any atom is -0.493 e. The van der Waals surface area contributed by atoms with Crippen molar-refractivity contribution in [2.24, 2.45) is 5.92 Å². The maximum Gasteiger partial charge on any atom is 0.223 e. The molecule has 2 aromatic carbocycles. The van der Waals surface area contributed by atoms with Gasteiger partial charge in [-0.05, 0) is 48.9 Å². The fourth-order valence-corrected chi connectivity index (χ4v) is 4.91. The summed E-state index contributed by atoms with van der Waals surface area (Å²) in [6.45, 7) is 3.00. The van der Waals surface area contributed by atoms with Crippen molar-refractivity contribution in [1.82, 2.24) is 10.2 Å². The Kier molecular flexibility index (Phi) is 10.5. The van der Waals surface area contributed by atoms with Gasteiger partial charge in [0, 0.05) is 25.9 Å². The van der Waals surface area contributed by atoms with E-state index in [9.17, 15) is 9.59 Å². The number of nitrogens with one attached hydrogen (secondary N) is 1. The van der Waals surface area contributed by atoms with E-state index >= 15 is 0 Å². The molecule has 1 unspecified atom stereocenters. The molecule has 0 saturated heterocycles. The molecule has 1 aliphatic carbocycles. The number of ether oxygens (including phenoxy) is 2. The van der Waals surface area contributed by atoms with Crippen molar-refractivity contribution in [3.8, 4) is 11.5 Å². The predicted octanol–water partition coefficient (Wildman–Crippen LogP) is 5.31. The van der Waals surface area contributed by atoms with Gasteiger partial charge in [-0.1, -0.05) is 62.1 Å². The fourth-order valence-electron chi connectivity index (χ4n) is 4.91. The van der Waals surface area contributed by atoms with Crippen LogP contribution >= 0.6 is 0 Å². The van der Waals surface area contributed by atoms with E-state index in [-0.39, 0.29) is 24.3 Å². The van der Waals surface area contributed by atoms with Crippen molar-refractivity contribution in [2.45, 2.75) is 64.3 Å². The number of hydrogen-bond acceptors (Lipinski definition) is 4. The minimum atomic E-state index is -0.0631. The van der Waals surface area contributed by atoms with Gasteiger partial charge in [0.15, 0.2) is 11.5 Å². The van der Waals surface area contributed by atoms with E-state index in [0.29, 0.717) is 43.3 Å². The molecule has 2 aromatic rings. The van der Waals surface area contributed by atoms with Crippen molar-refractivity contribution in [1.29, 1.82) is 0 Å². The SMILES string of the molecule is COc1ccc(CCNC(=O)CCN(C(=O)CCC2CCCC2)C(C)c2ccccc2)cc1OC. The Hall–Kier alpha value is -3.02. The van der Waals surface area contributed by atoms with Crippen LogP contribution in [0.3, 0.4) is 0 Å². The van der Waals surface area contributed by atoms with Crippen LogP contribution in [-0.4, -0.2) is 44.0 Å². The summed E-state index contributed by atoms with van der Waals surface area (Å²) in [5, 5.41) is 3.00. The van der Waals surface area contributed by atoms with Crippen LogP contribution in [0.25, 0.3) is 0 Å². The highest BCUT2D eigenvalue weighted by atomic mass is 16.5. The van der Waals surface area contributed by atoms with Crippen LogP contribution in [0.2, 0.25) is 0 Å². The van der Waals surface area contributed by atoms with Crippen LogP contribution in [-0.2, 0) is 16.0 Å². The van der Waals surface area contributed by atoms with Gasteiger partial charge in [-0.15, -0.1) is 0 Å². The topological polar surface area (TPSA) is 67.9 Å². The molecule has 0 heterocycles. The highest BCUT2D eigenvalue weighted by molar-refractivity contribution is 5.79. The summed E-state index contributed by atoms with van der Waals surface area (Å²) in [5.74, 6) is 2.14. The highest BCUT2D eigenvalue weighted by Gasteiger charge is 2.24. The summed E-state index contributed by atoms with van der Waals surface area (Å²) in [7, 11) is 3.22. The second-order valence-electron chi connectivity index (χ2n) is 9.40. The highest BCUT2D eigenvalue weighted by Crippen LogP contribution is 2.30. The van der Waals surface area contributed by atoms with Crippen molar-refractivity contribution in [3.63, 3.8) is 0 Å². The zero-order chi connectivity index (χ0) is 25.0. The molecule has 0 aliphatic heterocycles. The van der Waals surface area contributed by atoms with Crippen LogP contribution in [0.5, 0.6) is 11.5 Å². The second kappa shape index (κ2) is 13.8. The lowest BCUT2D eigenvalue weighted by atomic mass is 10.00. The van der Waals surface area contributed by atoms with E-state index in [1.807, 2.05) is 53.4 Å². The summed E-state index contributed by atoms with van der Waals surface area (Å²) >= 11 is 0. The number of amides is 2. The summed E-state index contributed by atoms with van der Waals surface area (Å²) in [4.78, 5) is 27.7. The number of methoxy groups -OCH3 is 2. The van der Waals surface area contributed by atoms with Crippen LogP contribution in [0.15, 0.2) is 48.5 Å². The summed E-state index contributed by atoms with van der Waals surface area (Å²) < 4.78 is 10.6. The molecule has 6 nitrogen and oxygen atoms in total.